The van der Waals surface area contributed by atoms with Crippen molar-refractivity contribution in [2.45, 2.75) is 6.92 Å². The molecule has 0 amide bonds. The lowest BCUT2D eigenvalue weighted by Crippen LogP contribution is -1.87. The Morgan fingerprint density at radius 2 is 2.08 bits per heavy atom. The molecule has 0 aliphatic heterocycles. The number of aryl methyl sites for hydroxylation is 1. The molecule has 6 heteroatoms. The van der Waals surface area contributed by atoms with Gasteiger partial charge in [-0.25, -0.2) is 9.97 Å². The Hall–Kier alpha value is -3.54. The summed E-state index contributed by atoms with van der Waals surface area (Å²) in [6.07, 6.45) is 9.03. The van der Waals surface area contributed by atoms with Crippen LogP contribution in [0.3, 0.4) is 0 Å². The maximum atomic E-state index is 4.75. The predicted octanol–water partition coefficient (Wildman–Crippen LogP) is 3.92. The lowest BCUT2D eigenvalue weighted by atomic mass is 10.2. The minimum absolute atomic E-state index is 0.684. The van der Waals surface area contributed by atoms with Crippen LogP contribution in [0.4, 0.5) is 0 Å². The standard InChI is InChI=1S/C19H16N6/c1-3-4-7-14-12(2)21-19(23-14)18-17-16(24-25-18)9-8-15(22-17)13-6-5-10-20-11-13/h3-11H,1H2,2H3,(H,21,23)(H,24,25)/b7-4-. The summed E-state index contributed by atoms with van der Waals surface area (Å²) in [6, 6.07) is 7.80. The van der Waals surface area contributed by atoms with E-state index in [4.69, 9.17) is 4.98 Å². The van der Waals surface area contributed by atoms with E-state index in [1.165, 1.54) is 0 Å². The van der Waals surface area contributed by atoms with Gasteiger partial charge in [0.1, 0.15) is 5.52 Å². The van der Waals surface area contributed by atoms with Gasteiger partial charge in [0, 0.05) is 23.7 Å². The molecule has 0 aliphatic carbocycles. The van der Waals surface area contributed by atoms with E-state index < -0.39 is 0 Å². The van der Waals surface area contributed by atoms with Crippen molar-refractivity contribution in [1.82, 2.24) is 30.1 Å². The second-order valence-corrected chi connectivity index (χ2v) is 5.60. The van der Waals surface area contributed by atoms with E-state index in [0.29, 0.717) is 11.5 Å². The fourth-order valence-electron chi connectivity index (χ4n) is 2.65. The van der Waals surface area contributed by atoms with Crippen molar-refractivity contribution < 1.29 is 0 Å². The molecule has 4 heterocycles. The van der Waals surface area contributed by atoms with Gasteiger partial charge in [0.05, 0.1) is 16.9 Å². The average Bonchev–Trinajstić information content (AvgIpc) is 3.23. The Labute approximate surface area is 144 Å². The van der Waals surface area contributed by atoms with E-state index >= 15 is 0 Å². The van der Waals surface area contributed by atoms with Crippen LogP contribution in [0.25, 0.3) is 39.9 Å². The summed E-state index contributed by atoms with van der Waals surface area (Å²) in [4.78, 5) is 16.8. The number of hydrogen-bond acceptors (Lipinski definition) is 4. The number of aromatic nitrogens is 6. The molecule has 0 aliphatic rings. The lowest BCUT2D eigenvalue weighted by Gasteiger charge is -2.00. The number of nitrogens with one attached hydrogen (secondary N) is 2. The molecule has 0 saturated carbocycles. The average molecular weight is 328 g/mol. The van der Waals surface area contributed by atoms with Crippen molar-refractivity contribution in [3.8, 4) is 22.8 Å². The third-order valence-corrected chi connectivity index (χ3v) is 3.90. The summed E-state index contributed by atoms with van der Waals surface area (Å²) >= 11 is 0. The van der Waals surface area contributed by atoms with Crippen LogP contribution in [0.15, 0.2) is 55.4 Å². The Morgan fingerprint density at radius 3 is 2.88 bits per heavy atom. The van der Waals surface area contributed by atoms with Gasteiger partial charge in [0.25, 0.3) is 0 Å². The maximum absolute atomic E-state index is 4.75. The topological polar surface area (TPSA) is 83.1 Å². The molecule has 2 N–H and O–H groups in total. The molecule has 0 radical (unpaired) electrons. The van der Waals surface area contributed by atoms with Gasteiger partial charge in [-0.2, -0.15) is 5.10 Å². The maximum Gasteiger partial charge on any atom is 0.161 e. The molecular weight excluding hydrogens is 312 g/mol. The Balaban J connectivity index is 1.83. The third-order valence-electron chi connectivity index (χ3n) is 3.90. The van der Waals surface area contributed by atoms with Gasteiger partial charge < -0.3 is 4.98 Å². The summed E-state index contributed by atoms with van der Waals surface area (Å²) in [5.41, 5.74) is 5.96. The Morgan fingerprint density at radius 1 is 1.16 bits per heavy atom. The first-order valence-electron chi connectivity index (χ1n) is 7.88. The number of rotatable bonds is 4. The highest BCUT2D eigenvalue weighted by molar-refractivity contribution is 5.89. The number of imidazole rings is 1. The smallest absolute Gasteiger partial charge is 0.161 e. The highest BCUT2D eigenvalue weighted by atomic mass is 15.1. The van der Waals surface area contributed by atoms with Gasteiger partial charge in [-0.05, 0) is 37.3 Å². The lowest BCUT2D eigenvalue weighted by molar-refractivity contribution is 1.10. The van der Waals surface area contributed by atoms with Gasteiger partial charge in [0.15, 0.2) is 11.5 Å². The van der Waals surface area contributed by atoms with Crippen LogP contribution in [0.1, 0.15) is 11.4 Å². The number of pyridine rings is 2. The first kappa shape index (κ1) is 15.0. The molecule has 0 bridgehead atoms. The van der Waals surface area contributed by atoms with Gasteiger partial charge >= 0.3 is 0 Å². The molecule has 0 atom stereocenters. The van der Waals surface area contributed by atoms with Crippen LogP contribution >= 0.6 is 0 Å². The fourth-order valence-corrected chi connectivity index (χ4v) is 2.65. The van der Waals surface area contributed by atoms with Crippen molar-refractivity contribution in [2.75, 3.05) is 0 Å². The number of fused-ring (bicyclic) bond motifs is 1. The first-order valence-corrected chi connectivity index (χ1v) is 7.88. The Kier molecular flexibility index (Phi) is 3.70. The minimum Gasteiger partial charge on any atom is -0.340 e. The molecular formula is C19H16N6. The van der Waals surface area contributed by atoms with Gasteiger partial charge in [0.2, 0.25) is 0 Å². The van der Waals surface area contributed by atoms with E-state index in [-0.39, 0.29) is 0 Å². The number of hydrogen-bond donors (Lipinski definition) is 2. The minimum atomic E-state index is 0.684. The zero-order valence-corrected chi connectivity index (χ0v) is 13.7. The van der Waals surface area contributed by atoms with Crippen molar-refractivity contribution >= 4 is 17.1 Å². The van der Waals surface area contributed by atoms with Crippen LogP contribution < -0.4 is 0 Å². The molecule has 122 valence electrons. The molecule has 4 rings (SSSR count). The summed E-state index contributed by atoms with van der Waals surface area (Å²) in [5, 5.41) is 7.41. The third kappa shape index (κ3) is 2.74. The highest BCUT2D eigenvalue weighted by Crippen LogP contribution is 2.26. The number of allylic oxidation sites excluding steroid dienone is 2. The van der Waals surface area contributed by atoms with E-state index in [1.807, 2.05) is 43.3 Å². The summed E-state index contributed by atoms with van der Waals surface area (Å²) < 4.78 is 0. The van der Waals surface area contributed by atoms with E-state index in [2.05, 4.69) is 31.7 Å². The van der Waals surface area contributed by atoms with Crippen LogP contribution in [-0.2, 0) is 0 Å². The van der Waals surface area contributed by atoms with Crippen molar-refractivity contribution in [3.63, 3.8) is 0 Å². The molecule has 0 spiro atoms. The fraction of sp³-hybridized carbons (Fsp3) is 0.0526. The van der Waals surface area contributed by atoms with Gasteiger partial charge in [-0.3, -0.25) is 10.1 Å². The number of nitrogens with zero attached hydrogens (tertiary/aromatic N) is 4. The van der Waals surface area contributed by atoms with E-state index in [1.54, 1.807) is 18.5 Å². The monoisotopic (exact) mass is 328 g/mol. The highest BCUT2D eigenvalue weighted by Gasteiger charge is 2.15. The van der Waals surface area contributed by atoms with E-state index in [0.717, 1.165) is 33.7 Å². The van der Waals surface area contributed by atoms with Crippen LogP contribution in [0, 0.1) is 6.92 Å². The van der Waals surface area contributed by atoms with Crippen molar-refractivity contribution in [3.05, 3.63) is 66.8 Å². The van der Waals surface area contributed by atoms with Gasteiger partial charge in [-0.1, -0.05) is 18.7 Å². The summed E-state index contributed by atoms with van der Waals surface area (Å²) in [7, 11) is 0. The number of aromatic amines is 2. The first-order chi connectivity index (χ1) is 12.3. The van der Waals surface area contributed by atoms with Crippen LogP contribution in [0.2, 0.25) is 0 Å². The molecule has 6 nitrogen and oxygen atoms in total. The molecule has 0 aromatic carbocycles. The molecule has 4 aromatic rings. The zero-order valence-electron chi connectivity index (χ0n) is 13.7. The van der Waals surface area contributed by atoms with Crippen LogP contribution in [-0.4, -0.2) is 30.1 Å². The largest absolute Gasteiger partial charge is 0.340 e. The van der Waals surface area contributed by atoms with Crippen molar-refractivity contribution in [2.24, 2.45) is 0 Å². The molecule has 4 aromatic heterocycles. The molecule has 0 fully saturated rings. The van der Waals surface area contributed by atoms with Crippen LogP contribution in [0.5, 0.6) is 0 Å². The van der Waals surface area contributed by atoms with E-state index in [9.17, 15) is 0 Å². The quantitative estimate of drug-likeness (QED) is 0.556. The summed E-state index contributed by atoms with van der Waals surface area (Å²) in [5.74, 6) is 0.684. The Bertz CT molecular complexity index is 1070. The number of H-pyrrole nitrogens is 2. The molecule has 0 unspecified atom stereocenters. The van der Waals surface area contributed by atoms with Crippen molar-refractivity contribution in [1.29, 1.82) is 0 Å². The molecule has 0 saturated heterocycles. The predicted molar refractivity (Wildman–Crippen MR) is 98.7 cm³/mol. The SMILES string of the molecule is C=C/C=C\c1nc(-c2n[nH]c3ccc(-c4cccnc4)nc23)[nH]c1C. The second-order valence-electron chi connectivity index (χ2n) is 5.60. The zero-order chi connectivity index (χ0) is 17.2. The molecule has 25 heavy (non-hydrogen) atoms. The normalized spacial score (nSPS) is 11.4. The second kappa shape index (κ2) is 6.16. The summed E-state index contributed by atoms with van der Waals surface area (Å²) in [6.45, 7) is 5.66. The van der Waals surface area contributed by atoms with Gasteiger partial charge in [-0.15, -0.1) is 0 Å².